The molecular formula is C21H19N3O3S. The van der Waals surface area contributed by atoms with Crippen LogP contribution in [0.4, 0.5) is 21.0 Å². The van der Waals surface area contributed by atoms with Crippen LogP contribution in [0.25, 0.3) is 12.2 Å². The van der Waals surface area contributed by atoms with Crippen molar-refractivity contribution in [3.63, 3.8) is 0 Å². The van der Waals surface area contributed by atoms with Gasteiger partial charge >= 0.3 is 6.03 Å². The van der Waals surface area contributed by atoms with Gasteiger partial charge in [-0.25, -0.2) is 4.79 Å². The summed E-state index contributed by atoms with van der Waals surface area (Å²) in [6, 6.07) is 12.5. The first-order chi connectivity index (χ1) is 13.5. The van der Waals surface area contributed by atoms with Crippen LogP contribution in [0.15, 0.2) is 53.4 Å². The molecule has 0 unspecified atom stereocenters. The van der Waals surface area contributed by atoms with Crippen molar-refractivity contribution < 1.29 is 14.4 Å². The summed E-state index contributed by atoms with van der Waals surface area (Å²) in [5.74, 6) is -0.419. The van der Waals surface area contributed by atoms with E-state index in [-0.39, 0.29) is 6.03 Å². The van der Waals surface area contributed by atoms with Crippen molar-refractivity contribution in [2.24, 2.45) is 0 Å². The zero-order chi connectivity index (χ0) is 20.1. The lowest BCUT2D eigenvalue weighted by Crippen LogP contribution is -2.20. The lowest BCUT2D eigenvalue weighted by atomic mass is 10.0. The number of nitrogens with one attached hydrogen (secondary N) is 3. The number of imide groups is 1. The number of amides is 4. The predicted molar refractivity (Wildman–Crippen MR) is 114 cm³/mol. The maximum absolute atomic E-state index is 12.4. The molecule has 0 atom stereocenters. The summed E-state index contributed by atoms with van der Waals surface area (Å²) in [6.07, 6.45) is 5.33. The summed E-state index contributed by atoms with van der Waals surface area (Å²) in [5, 5.41) is 7.49. The van der Waals surface area contributed by atoms with E-state index in [1.807, 2.05) is 56.3 Å². The Hall–Kier alpha value is -3.32. The summed E-state index contributed by atoms with van der Waals surface area (Å²) in [5.41, 5.74) is 3.79. The number of benzene rings is 2. The van der Waals surface area contributed by atoms with E-state index in [9.17, 15) is 14.4 Å². The van der Waals surface area contributed by atoms with E-state index >= 15 is 0 Å². The zero-order valence-electron chi connectivity index (χ0n) is 15.4. The Balaban J connectivity index is 1.87. The van der Waals surface area contributed by atoms with Gasteiger partial charge in [-0.05, 0) is 61.0 Å². The second kappa shape index (κ2) is 8.58. The minimum absolute atomic E-state index is 0.317. The van der Waals surface area contributed by atoms with E-state index in [1.54, 1.807) is 18.2 Å². The van der Waals surface area contributed by atoms with Crippen molar-refractivity contribution in [1.82, 2.24) is 5.32 Å². The van der Waals surface area contributed by atoms with Gasteiger partial charge in [-0.15, -0.1) is 0 Å². The normalized spacial score (nSPS) is 15.1. The standard InChI is InChI=1S/C21H19N3O3S/c1-3-6-16-14(12-18-19(25)24-21(27)28-18)8-5-10-17(16)23-20(26)22-15-9-4-7-13(2)11-15/h3-12H,1-2H3,(H2,22,23,26)(H,24,25,27)/b6-3-,18-12-. The van der Waals surface area contributed by atoms with Gasteiger partial charge in [0.25, 0.3) is 11.1 Å². The van der Waals surface area contributed by atoms with Crippen LogP contribution in [-0.2, 0) is 4.79 Å². The number of carbonyl (C=O) groups is 3. The van der Waals surface area contributed by atoms with Crippen molar-refractivity contribution in [3.05, 3.63) is 70.1 Å². The third kappa shape index (κ3) is 4.69. The molecule has 2 aromatic rings. The van der Waals surface area contributed by atoms with Gasteiger partial charge in [0.1, 0.15) is 0 Å². The van der Waals surface area contributed by atoms with Gasteiger partial charge in [-0.3, -0.25) is 14.9 Å². The van der Waals surface area contributed by atoms with Crippen LogP contribution in [0.1, 0.15) is 23.6 Å². The van der Waals surface area contributed by atoms with Gasteiger partial charge in [0.05, 0.1) is 10.6 Å². The molecule has 7 heteroatoms. The molecular weight excluding hydrogens is 374 g/mol. The minimum Gasteiger partial charge on any atom is -0.308 e. The number of urea groups is 1. The van der Waals surface area contributed by atoms with Crippen molar-refractivity contribution in [2.75, 3.05) is 10.6 Å². The molecule has 0 aromatic heterocycles. The maximum atomic E-state index is 12.4. The number of carbonyl (C=O) groups excluding carboxylic acids is 3. The molecule has 6 nitrogen and oxygen atoms in total. The molecule has 1 saturated heterocycles. The third-order valence-corrected chi connectivity index (χ3v) is 4.74. The fraction of sp³-hybridized carbons (Fsp3) is 0.0952. The molecule has 0 spiro atoms. The third-order valence-electron chi connectivity index (χ3n) is 3.93. The molecule has 2 aromatic carbocycles. The molecule has 4 amide bonds. The number of hydrogen-bond donors (Lipinski definition) is 3. The molecule has 3 N–H and O–H groups in total. The van der Waals surface area contributed by atoms with E-state index in [0.717, 1.165) is 28.5 Å². The zero-order valence-corrected chi connectivity index (χ0v) is 16.2. The van der Waals surface area contributed by atoms with Crippen LogP contribution in [0, 0.1) is 6.92 Å². The fourth-order valence-electron chi connectivity index (χ4n) is 2.74. The minimum atomic E-state index is -0.419. The SMILES string of the molecule is C/C=C\c1c(/C=C2\SC(=O)NC2=O)cccc1NC(=O)Nc1cccc(C)c1. The van der Waals surface area contributed by atoms with Crippen LogP contribution >= 0.6 is 11.8 Å². The molecule has 1 aliphatic heterocycles. The number of aryl methyl sites for hydroxylation is 1. The predicted octanol–water partition coefficient (Wildman–Crippen LogP) is 5.00. The Labute approximate surface area is 167 Å². The van der Waals surface area contributed by atoms with Crippen molar-refractivity contribution in [1.29, 1.82) is 0 Å². The van der Waals surface area contributed by atoms with E-state index in [4.69, 9.17) is 0 Å². The molecule has 0 saturated carbocycles. The number of rotatable bonds is 4. The second-order valence-corrected chi connectivity index (χ2v) is 7.12. The summed E-state index contributed by atoms with van der Waals surface area (Å²) in [7, 11) is 0. The van der Waals surface area contributed by atoms with Crippen molar-refractivity contribution >= 4 is 52.5 Å². The van der Waals surface area contributed by atoms with Crippen LogP contribution < -0.4 is 16.0 Å². The number of anilines is 2. The number of allylic oxidation sites excluding steroid dienone is 1. The van der Waals surface area contributed by atoms with Crippen molar-refractivity contribution in [2.45, 2.75) is 13.8 Å². The molecule has 0 bridgehead atoms. The first kappa shape index (κ1) is 19.4. The largest absolute Gasteiger partial charge is 0.323 e. The Bertz CT molecular complexity index is 1010. The topological polar surface area (TPSA) is 87.3 Å². The van der Waals surface area contributed by atoms with Crippen LogP contribution in [0.2, 0.25) is 0 Å². The molecule has 3 rings (SSSR count). The first-order valence-electron chi connectivity index (χ1n) is 8.61. The molecule has 28 heavy (non-hydrogen) atoms. The highest BCUT2D eigenvalue weighted by Crippen LogP contribution is 2.29. The number of hydrogen-bond acceptors (Lipinski definition) is 4. The molecule has 0 aliphatic carbocycles. The lowest BCUT2D eigenvalue weighted by Gasteiger charge is -2.13. The van der Waals surface area contributed by atoms with Gasteiger partial charge < -0.3 is 10.6 Å². The monoisotopic (exact) mass is 393 g/mol. The molecule has 142 valence electrons. The van der Waals surface area contributed by atoms with Crippen LogP contribution in [-0.4, -0.2) is 17.2 Å². The van der Waals surface area contributed by atoms with Gasteiger partial charge in [0.15, 0.2) is 0 Å². The Morgan fingerprint density at radius 3 is 2.57 bits per heavy atom. The summed E-state index contributed by atoms with van der Waals surface area (Å²) >= 11 is 0.856. The fourth-order valence-corrected chi connectivity index (χ4v) is 3.41. The van der Waals surface area contributed by atoms with Crippen molar-refractivity contribution in [3.8, 4) is 0 Å². The highest BCUT2D eigenvalue weighted by molar-refractivity contribution is 8.18. The molecule has 0 radical (unpaired) electrons. The quantitative estimate of drug-likeness (QED) is 0.638. The van der Waals surface area contributed by atoms with E-state index in [2.05, 4.69) is 16.0 Å². The van der Waals surface area contributed by atoms with E-state index in [1.165, 1.54) is 0 Å². The van der Waals surface area contributed by atoms with Crippen LogP contribution in [0.5, 0.6) is 0 Å². The second-order valence-electron chi connectivity index (χ2n) is 6.11. The average Bonchev–Trinajstić information content (AvgIpc) is 2.95. The molecule has 1 fully saturated rings. The Morgan fingerprint density at radius 1 is 1.11 bits per heavy atom. The lowest BCUT2D eigenvalue weighted by molar-refractivity contribution is -0.115. The van der Waals surface area contributed by atoms with E-state index in [0.29, 0.717) is 16.3 Å². The maximum Gasteiger partial charge on any atom is 0.323 e. The van der Waals surface area contributed by atoms with Gasteiger partial charge in [0, 0.05) is 11.3 Å². The van der Waals surface area contributed by atoms with Gasteiger partial charge in [-0.1, -0.05) is 36.4 Å². The van der Waals surface area contributed by atoms with E-state index < -0.39 is 11.1 Å². The summed E-state index contributed by atoms with van der Waals surface area (Å²) in [6.45, 7) is 3.81. The smallest absolute Gasteiger partial charge is 0.308 e. The Morgan fingerprint density at radius 2 is 1.89 bits per heavy atom. The van der Waals surface area contributed by atoms with Crippen LogP contribution in [0.3, 0.4) is 0 Å². The molecule has 1 heterocycles. The highest BCUT2D eigenvalue weighted by atomic mass is 32.2. The van der Waals surface area contributed by atoms with Gasteiger partial charge in [0.2, 0.25) is 0 Å². The molecule has 1 aliphatic rings. The highest BCUT2D eigenvalue weighted by Gasteiger charge is 2.25. The average molecular weight is 393 g/mol. The number of thioether (sulfide) groups is 1. The summed E-state index contributed by atoms with van der Waals surface area (Å²) < 4.78 is 0. The summed E-state index contributed by atoms with van der Waals surface area (Å²) in [4.78, 5) is 36.0. The Kier molecular flexibility index (Phi) is 5.96. The van der Waals surface area contributed by atoms with Gasteiger partial charge in [-0.2, -0.15) is 0 Å². The first-order valence-corrected chi connectivity index (χ1v) is 9.43.